The van der Waals surface area contributed by atoms with Crippen LogP contribution in [0, 0.1) is 0 Å². The van der Waals surface area contributed by atoms with E-state index in [0.29, 0.717) is 18.3 Å². The van der Waals surface area contributed by atoms with Gasteiger partial charge in [0.15, 0.2) is 0 Å². The van der Waals surface area contributed by atoms with E-state index in [2.05, 4.69) is 44.2 Å². The fourth-order valence-electron chi connectivity index (χ4n) is 6.18. The maximum Gasteiger partial charge on any atom is 0.411 e. The predicted octanol–water partition coefficient (Wildman–Crippen LogP) is 5.13. The van der Waals surface area contributed by atoms with Crippen molar-refractivity contribution >= 4 is 28.1 Å². The predicted molar refractivity (Wildman–Crippen MR) is 137 cm³/mol. The van der Waals surface area contributed by atoms with E-state index in [1.54, 1.807) is 4.90 Å². The fraction of sp³-hybridized carbons (Fsp3) is 0.462. The molecule has 0 radical (unpaired) electrons. The lowest BCUT2D eigenvalue weighted by molar-refractivity contribution is -0.162. The Morgan fingerprint density at radius 1 is 0.909 bits per heavy atom. The number of cyclic esters (lactones) is 1. The van der Waals surface area contributed by atoms with Gasteiger partial charge in [0, 0.05) is 11.7 Å². The van der Waals surface area contributed by atoms with E-state index in [0.717, 1.165) is 11.1 Å². The van der Waals surface area contributed by atoms with E-state index in [1.807, 2.05) is 60.7 Å². The zero-order chi connectivity index (χ0) is 24.0. The van der Waals surface area contributed by atoms with Crippen LogP contribution in [0.1, 0.15) is 17.2 Å². The van der Waals surface area contributed by atoms with Gasteiger partial charge in [-0.05, 0) is 11.1 Å². The minimum atomic E-state index is -1.66. The molecule has 5 nitrogen and oxygen atoms in total. The van der Waals surface area contributed by atoms with Crippen molar-refractivity contribution in [2.75, 3.05) is 13.2 Å². The number of rotatable bonds is 7. The normalized spacial score (nSPS) is 23.7. The Morgan fingerprint density at radius 3 is 1.97 bits per heavy atom. The molecular weight excluding hydrogens is 444 g/mol. The van der Waals surface area contributed by atoms with Crippen molar-refractivity contribution in [2.24, 2.45) is 0 Å². The molecule has 2 aliphatic rings. The molecule has 33 heavy (non-hydrogen) atoms. The Morgan fingerprint density at radius 2 is 1.45 bits per heavy atom. The number of hydrogen-bond donors (Lipinski definition) is 0. The summed E-state index contributed by atoms with van der Waals surface area (Å²) < 4.78 is 5.56. The van der Waals surface area contributed by atoms with Gasteiger partial charge in [-0.3, -0.25) is 9.69 Å². The molecule has 0 saturated carbocycles. The first-order valence-corrected chi connectivity index (χ1v) is 19.0. The average molecular weight is 481 g/mol. The Hall–Kier alpha value is -2.39. The third-order valence-corrected chi connectivity index (χ3v) is 16.0. The number of ether oxygens (including phenoxy) is 1. The van der Waals surface area contributed by atoms with Gasteiger partial charge in [0.1, 0.15) is 12.1 Å². The van der Waals surface area contributed by atoms with Crippen molar-refractivity contribution in [1.82, 2.24) is 9.80 Å². The molecule has 2 aromatic carbocycles. The second-order valence-corrected chi connectivity index (χ2v) is 22.8. The summed E-state index contributed by atoms with van der Waals surface area (Å²) >= 11 is 0. The van der Waals surface area contributed by atoms with Crippen LogP contribution in [0.25, 0.3) is 0 Å². The van der Waals surface area contributed by atoms with Crippen molar-refractivity contribution < 1.29 is 14.3 Å². The number of hydrogen-bond acceptors (Lipinski definition) is 3. The van der Waals surface area contributed by atoms with Gasteiger partial charge in [0.05, 0.1) is 28.7 Å². The molecular formula is C26H36N2O3Si2. The van der Waals surface area contributed by atoms with E-state index in [-0.39, 0.29) is 24.6 Å². The zero-order valence-corrected chi connectivity index (χ0v) is 22.7. The molecule has 0 aromatic heterocycles. The van der Waals surface area contributed by atoms with Crippen LogP contribution in [-0.2, 0) is 16.0 Å². The fourth-order valence-corrected chi connectivity index (χ4v) is 18.9. The van der Waals surface area contributed by atoms with Gasteiger partial charge >= 0.3 is 6.09 Å². The Kier molecular flexibility index (Phi) is 6.07. The molecule has 0 bridgehead atoms. The van der Waals surface area contributed by atoms with Crippen LogP contribution in [0.15, 0.2) is 60.7 Å². The maximum atomic E-state index is 14.3. The van der Waals surface area contributed by atoms with Crippen LogP contribution in [0.2, 0.25) is 39.3 Å². The molecule has 4 rings (SSSR count). The van der Waals surface area contributed by atoms with Gasteiger partial charge < -0.3 is 9.64 Å². The van der Waals surface area contributed by atoms with E-state index < -0.39 is 21.7 Å². The summed E-state index contributed by atoms with van der Waals surface area (Å²) in [6, 6.07) is 19.8. The highest BCUT2D eigenvalue weighted by Crippen LogP contribution is 2.45. The molecule has 0 unspecified atom stereocenters. The molecule has 2 aliphatic heterocycles. The third kappa shape index (κ3) is 4.28. The Labute approximate surface area is 199 Å². The Balaban J connectivity index is 1.76. The maximum absolute atomic E-state index is 14.3. The van der Waals surface area contributed by atoms with Gasteiger partial charge in [-0.25, -0.2) is 4.79 Å². The van der Waals surface area contributed by atoms with Gasteiger partial charge in [-0.1, -0.05) is 99.9 Å². The number of benzene rings is 2. The van der Waals surface area contributed by atoms with Crippen LogP contribution in [0.3, 0.4) is 0 Å². The molecule has 0 aliphatic carbocycles. The number of likely N-dealkylation sites (tertiary alicyclic amines) is 1. The van der Waals surface area contributed by atoms with Crippen LogP contribution in [-0.4, -0.2) is 61.9 Å². The smallest absolute Gasteiger partial charge is 0.411 e. The number of β-lactam (4-membered cyclic amide) rings is 1. The molecule has 2 atom stereocenters. The van der Waals surface area contributed by atoms with Crippen molar-refractivity contribution in [3.8, 4) is 0 Å². The highest BCUT2D eigenvalue weighted by atomic mass is 28.4. The molecule has 0 N–H and O–H groups in total. The standard InChI is InChI=1S/C26H36N2O3Si2/c1-32(2,3)25(33(4,5)6)27-19-26(23(27)29,17-20-13-9-7-10-14-20)28-22(18-31-24(28)30)21-15-11-8-12-16-21/h7-16,22,25H,17-19H2,1-6H3/t22-,26+/m1/s1. The minimum absolute atomic E-state index is 0.0842. The second-order valence-electron chi connectivity index (χ2n) is 11.6. The van der Waals surface area contributed by atoms with E-state index in [4.69, 9.17) is 4.74 Å². The summed E-state index contributed by atoms with van der Waals surface area (Å²) in [5.74, 6) is 0.0842. The summed E-state index contributed by atoms with van der Waals surface area (Å²) in [5.41, 5.74) is 1.16. The first-order chi connectivity index (χ1) is 15.4. The molecule has 2 saturated heterocycles. The quantitative estimate of drug-likeness (QED) is 0.408. The first kappa shape index (κ1) is 23.8. The average Bonchev–Trinajstić information content (AvgIpc) is 3.13. The van der Waals surface area contributed by atoms with Crippen molar-refractivity contribution in [3.05, 3.63) is 71.8 Å². The summed E-state index contributed by atoms with van der Waals surface area (Å²) in [6.07, 6.45) is 0.122. The lowest BCUT2D eigenvalue weighted by atomic mass is 9.79. The van der Waals surface area contributed by atoms with Crippen LogP contribution >= 0.6 is 0 Å². The third-order valence-electron chi connectivity index (χ3n) is 6.90. The van der Waals surface area contributed by atoms with E-state index in [9.17, 15) is 9.59 Å². The summed E-state index contributed by atoms with van der Waals surface area (Å²) in [4.78, 5) is 31.3. The SMILES string of the molecule is C[Si](C)(C)C(N1C[C@](Cc2ccccc2)(N2C(=O)OC[C@@H]2c2ccccc2)C1=O)[Si](C)(C)C. The monoisotopic (exact) mass is 480 g/mol. The summed E-state index contributed by atoms with van der Waals surface area (Å²) in [6.45, 7) is 15.0. The topological polar surface area (TPSA) is 49.9 Å². The van der Waals surface area contributed by atoms with Gasteiger partial charge in [0.25, 0.3) is 5.91 Å². The number of carbonyl (C=O) groups excluding carboxylic acids is 2. The van der Waals surface area contributed by atoms with E-state index >= 15 is 0 Å². The van der Waals surface area contributed by atoms with Crippen LogP contribution in [0.4, 0.5) is 4.79 Å². The zero-order valence-electron chi connectivity index (χ0n) is 20.7. The molecule has 7 heteroatoms. The Bertz CT molecular complexity index is 1000. The number of nitrogens with zero attached hydrogens (tertiary/aromatic N) is 2. The highest BCUT2D eigenvalue weighted by Gasteiger charge is 2.64. The number of amides is 2. The molecule has 176 valence electrons. The molecule has 2 aromatic rings. The summed E-state index contributed by atoms with van der Waals surface area (Å²) in [7, 11) is -3.31. The molecule has 2 amide bonds. The molecule has 2 fully saturated rings. The second kappa shape index (κ2) is 8.44. The lowest BCUT2D eigenvalue weighted by Gasteiger charge is -2.60. The van der Waals surface area contributed by atoms with Gasteiger partial charge in [0.2, 0.25) is 0 Å². The lowest BCUT2D eigenvalue weighted by Crippen LogP contribution is -2.81. The highest BCUT2D eigenvalue weighted by molar-refractivity contribution is 6.96. The van der Waals surface area contributed by atoms with Crippen molar-refractivity contribution in [2.45, 2.75) is 62.6 Å². The molecule has 0 spiro atoms. The summed E-state index contributed by atoms with van der Waals surface area (Å²) in [5, 5.41) is 0.315. The first-order valence-electron chi connectivity index (χ1n) is 11.8. The molecule has 2 heterocycles. The largest absolute Gasteiger partial charge is 0.447 e. The van der Waals surface area contributed by atoms with Crippen molar-refractivity contribution in [1.29, 1.82) is 0 Å². The van der Waals surface area contributed by atoms with Crippen LogP contribution < -0.4 is 0 Å². The van der Waals surface area contributed by atoms with Crippen LogP contribution in [0.5, 0.6) is 0 Å². The minimum Gasteiger partial charge on any atom is -0.447 e. The van der Waals surface area contributed by atoms with Crippen molar-refractivity contribution in [3.63, 3.8) is 0 Å². The van der Waals surface area contributed by atoms with E-state index in [1.165, 1.54) is 0 Å². The number of carbonyl (C=O) groups is 2. The van der Waals surface area contributed by atoms with Gasteiger partial charge in [-0.15, -0.1) is 0 Å². The van der Waals surface area contributed by atoms with Gasteiger partial charge in [-0.2, -0.15) is 0 Å².